The van der Waals surface area contributed by atoms with E-state index in [9.17, 15) is 23.1 Å². The maximum atomic E-state index is 12.4. The van der Waals surface area contributed by atoms with E-state index < -0.39 is 27.7 Å². The molecule has 1 aromatic rings. The van der Waals surface area contributed by atoms with Crippen LogP contribution in [0.2, 0.25) is 0 Å². The minimum Gasteiger partial charge on any atom is -0.493 e. The number of aromatic carboxylic acids is 1. The van der Waals surface area contributed by atoms with E-state index in [2.05, 4.69) is 0 Å². The molecule has 0 radical (unpaired) electrons. The highest BCUT2D eigenvalue weighted by atomic mass is 32.2. The van der Waals surface area contributed by atoms with Crippen molar-refractivity contribution < 1.29 is 32.6 Å². The summed E-state index contributed by atoms with van der Waals surface area (Å²) in [6.45, 7) is 5.21. The Morgan fingerprint density at radius 1 is 1.23 bits per heavy atom. The van der Waals surface area contributed by atoms with Crippen molar-refractivity contribution in [3.63, 3.8) is 0 Å². The Kier molecular flexibility index (Phi) is 5.50. The summed E-state index contributed by atoms with van der Waals surface area (Å²) in [6, 6.07) is 3.71. The Labute approximate surface area is 152 Å². The van der Waals surface area contributed by atoms with Gasteiger partial charge < -0.3 is 14.6 Å². The second-order valence-corrected chi connectivity index (χ2v) is 9.11. The molecule has 2 rings (SSSR count). The first kappa shape index (κ1) is 20.0. The van der Waals surface area contributed by atoms with Crippen LogP contribution in [0.3, 0.4) is 0 Å². The van der Waals surface area contributed by atoms with Gasteiger partial charge in [-0.1, -0.05) is 0 Å². The molecule has 1 aliphatic rings. The summed E-state index contributed by atoms with van der Waals surface area (Å²) in [6.07, 6.45) is 1.81. The van der Waals surface area contributed by atoms with Gasteiger partial charge in [-0.15, -0.1) is 0 Å². The summed E-state index contributed by atoms with van der Waals surface area (Å²) in [4.78, 5) is 23.8. The third-order valence-electron chi connectivity index (χ3n) is 3.45. The lowest BCUT2D eigenvalue weighted by atomic mass is 10.2. The standard InChI is InChI=1S/C17H23NO7S/c1-17(2,3)25-16(21)18(26(4,22)23)13-7-12(15(19)20)8-14(9-13)24-10-11-5-6-11/h7-9,11H,5-6,10H2,1-4H3,(H,19,20). The lowest BCUT2D eigenvalue weighted by Gasteiger charge is -2.26. The van der Waals surface area contributed by atoms with Crippen molar-refractivity contribution in [3.05, 3.63) is 23.8 Å². The molecule has 0 heterocycles. The van der Waals surface area contributed by atoms with Crippen LogP contribution in [0.4, 0.5) is 10.5 Å². The van der Waals surface area contributed by atoms with Crippen molar-refractivity contribution >= 4 is 27.8 Å². The van der Waals surface area contributed by atoms with Gasteiger partial charge in [0, 0.05) is 6.07 Å². The fraction of sp³-hybridized carbons (Fsp3) is 0.529. The summed E-state index contributed by atoms with van der Waals surface area (Å²) in [5, 5.41) is 9.29. The van der Waals surface area contributed by atoms with Crippen molar-refractivity contribution in [2.75, 3.05) is 17.2 Å². The van der Waals surface area contributed by atoms with E-state index in [0.29, 0.717) is 16.8 Å². The van der Waals surface area contributed by atoms with E-state index in [1.807, 2.05) is 0 Å². The predicted octanol–water partition coefficient (Wildman–Crippen LogP) is 2.87. The minimum atomic E-state index is -4.06. The first-order chi connectivity index (χ1) is 11.9. The highest BCUT2D eigenvalue weighted by Gasteiger charge is 2.31. The second kappa shape index (κ2) is 7.14. The number of carbonyl (C=O) groups is 2. The number of carboxylic acid groups (broad SMARTS) is 1. The molecule has 0 spiro atoms. The van der Waals surface area contributed by atoms with Gasteiger partial charge in [-0.25, -0.2) is 18.0 Å². The number of amides is 1. The average molecular weight is 385 g/mol. The zero-order chi connectivity index (χ0) is 19.7. The van der Waals surface area contributed by atoms with Crippen molar-refractivity contribution in [1.29, 1.82) is 0 Å². The normalized spacial score (nSPS) is 14.6. The molecule has 8 nitrogen and oxygen atoms in total. The summed E-state index contributed by atoms with van der Waals surface area (Å²) >= 11 is 0. The molecule has 0 aliphatic heterocycles. The molecule has 26 heavy (non-hydrogen) atoms. The third-order valence-corrected chi connectivity index (χ3v) is 4.47. The van der Waals surface area contributed by atoms with E-state index in [-0.39, 0.29) is 17.0 Å². The van der Waals surface area contributed by atoms with Gasteiger partial charge in [0.1, 0.15) is 11.4 Å². The zero-order valence-corrected chi connectivity index (χ0v) is 16.0. The Morgan fingerprint density at radius 2 is 1.85 bits per heavy atom. The average Bonchev–Trinajstić information content (AvgIpc) is 3.25. The third kappa shape index (κ3) is 5.62. The Morgan fingerprint density at radius 3 is 2.31 bits per heavy atom. The SMILES string of the molecule is CC(C)(C)OC(=O)N(c1cc(OCC2CC2)cc(C(=O)O)c1)S(C)(=O)=O. The largest absolute Gasteiger partial charge is 0.493 e. The van der Waals surface area contributed by atoms with Crippen LogP contribution in [0.25, 0.3) is 0 Å². The van der Waals surface area contributed by atoms with Gasteiger partial charge in [0.25, 0.3) is 0 Å². The van der Waals surface area contributed by atoms with Crippen LogP contribution in [0.1, 0.15) is 44.0 Å². The molecule has 1 aliphatic carbocycles. The molecule has 144 valence electrons. The molecule has 0 atom stereocenters. The van der Waals surface area contributed by atoms with Crippen molar-refractivity contribution in [1.82, 2.24) is 0 Å². The lowest BCUT2D eigenvalue weighted by molar-refractivity contribution is 0.0606. The number of hydrogen-bond donors (Lipinski definition) is 1. The minimum absolute atomic E-state index is 0.146. The molecule has 0 saturated heterocycles. The van der Waals surface area contributed by atoms with Gasteiger partial charge in [0.2, 0.25) is 10.0 Å². The number of ether oxygens (including phenoxy) is 2. The number of benzene rings is 1. The number of sulfonamides is 1. The van der Waals surface area contributed by atoms with Crippen molar-refractivity contribution in [2.45, 2.75) is 39.2 Å². The van der Waals surface area contributed by atoms with Gasteiger partial charge in [-0.3, -0.25) is 0 Å². The second-order valence-electron chi connectivity index (χ2n) is 7.28. The summed E-state index contributed by atoms with van der Waals surface area (Å²) < 4.78 is 35.5. The van der Waals surface area contributed by atoms with Crippen LogP contribution in [0.15, 0.2) is 18.2 Å². The first-order valence-corrected chi connectivity index (χ1v) is 9.96. The van der Waals surface area contributed by atoms with E-state index in [1.54, 1.807) is 20.8 Å². The van der Waals surface area contributed by atoms with E-state index >= 15 is 0 Å². The number of carboxylic acids is 1. The molecule has 0 bridgehead atoms. The van der Waals surface area contributed by atoms with Crippen LogP contribution >= 0.6 is 0 Å². The van der Waals surface area contributed by atoms with Crippen LogP contribution < -0.4 is 9.04 Å². The topological polar surface area (TPSA) is 110 Å². The van der Waals surface area contributed by atoms with E-state index in [4.69, 9.17) is 9.47 Å². The first-order valence-electron chi connectivity index (χ1n) is 8.11. The number of nitrogens with zero attached hydrogens (tertiary/aromatic N) is 1. The maximum absolute atomic E-state index is 12.4. The van der Waals surface area contributed by atoms with Gasteiger partial charge in [0.15, 0.2) is 0 Å². The summed E-state index contributed by atoms with van der Waals surface area (Å²) in [5.74, 6) is -0.659. The van der Waals surface area contributed by atoms with Gasteiger partial charge in [0.05, 0.1) is 24.1 Å². The molecule has 1 saturated carbocycles. The molecule has 1 amide bonds. The number of hydrogen-bond acceptors (Lipinski definition) is 6. The molecular weight excluding hydrogens is 362 g/mol. The predicted molar refractivity (Wildman–Crippen MR) is 95.2 cm³/mol. The van der Waals surface area contributed by atoms with Gasteiger partial charge >= 0.3 is 12.1 Å². The van der Waals surface area contributed by atoms with Crippen LogP contribution in [0, 0.1) is 5.92 Å². The Bertz CT molecular complexity index is 807. The van der Waals surface area contributed by atoms with Crippen LogP contribution in [-0.2, 0) is 14.8 Å². The highest BCUT2D eigenvalue weighted by Crippen LogP contribution is 2.32. The van der Waals surface area contributed by atoms with Gasteiger partial charge in [-0.2, -0.15) is 4.31 Å². The summed E-state index contributed by atoms with van der Waals surface area (Å²) in [7, 11) is -4.06. The molecule has 1 aromatic carbocycles. The number of carbonyl (C=O) groups excluding carboxylic acids is 1. The maximum Gasteiger partial charge on any atom is 0.428 e. The molecule has 9 heteroatoms. The Balaban J connectivity index is 2.44. The molecule has 1 fully saturated rings. The molecule has 1 N–H and O–H groups in total. The quantitative estimate of drug-likeness (QED) is 0.801. The monoisotopic (exact) mass is 385 g/mol. The smallest absolute Gasteiger partial charge is 0.428 e. The van der Waals surface area contributed by atoms with E-state index in [1.165, 1.54) is 12.1 Å². The molecule has 0 unspecified atom stereocenters. The molecular formula is C17H23NO7S. The van der Waals surface area contributed by atoms with Crippen molar-refractivity contribution in [3.8, 4) is 5.75 Å². The van der Waals surface area contributed by atoms with Gasteiger partial charge in [-0.05, 0) is 51.7 Å². The zero-order valence-electron chi connectivity index (χ0n) is 15.2. The fourth-order valence-electron chi connectivity index (χ4n) is 2.14. The molecule has 0 aromatic heterocycles. The summed E-state index contributed by atoms with van der Waals surface area (Å²) in [5.41, 5.74) is -1.26. The van der Waals surface area contributed by atoms with Crippen molar-refractivity contribution in [2.24, 2.45) is 5.92 Å². The Hall–Kier alpha value is -2.29. The number of anilines is 1. The highest BCUT2D eigenvalue weighted by molar-refractivity contribution is 7.92. The van der Waals surface area contributed by atoms with Crippen LogP contribution in [0.5, 0.6) is 5.75 Å². The van der Waals surface area contributed by atoms with Crippen LogP contribution in [-0.4, -0.2) is 44.1 Å². The van der Waals surface area contributed by atoms with E-state index in [0.717, 1.165) is 25.2 Å². The lowest BCUT2D eigenvalue weighted by Crippen LogP contribution is -2.40. The fourth-order valence-corrected chi connectivity index (χ4v) is 2.94. The number of rotatable bonds is 6.